The highest BCUT2D eigenvalue weighted by molar-refractivity contribution is 5.77. The van der Waals surface area contributed by atoms with Crippen LogP contribution in [0.25, 0.3) is 0 Å². The van der Waals surface area contributed by atoms with Crippen molar-refractivity contribution >= 4 is 5.91 Å². The molecule has 0 aromatic heterocycles. The van der Waals surface area contributed by atoms with Crippen molar-refractivity contribution in [1.82, 2.24) is 5.32 Å². The third kappa shape index (κ3) is 3.38. The molecule has 0 aliphatic heterocycles. The van der Waals surface area contributed by atoms with Crippen LogP contribution >= 0.6 is 0 Å². The Morgan fingerprint density at radius 3 is 2.67 bits per heavy atom. The van der Waals surface area contributed by atoms with Crippen LogP contribution in [0.3, 0.4) is 0 Å². The van der Waals surface area contributed by atoms with E-state index >= 15 is 0 Å². The highest BCUT2D eigenvalue weighted by atomic mass is 19.4. The highest BCUT2D eigenvalue weighted by Gasteiger charge is 2.34. The topological polar surface area (TPSA) is 62.1 Å². The van der Waals surface area contributed by atoms with Gasteiger partial charge in [0.25, 0.3) is 5.91 Å². The molecule has 0 atom stereocenters. The van der Waals surface area contributed by atoms with Crippen LogP contribution in [0.2, 0.25) is 0 Å². The van der Waals surface area contributed by atoms with Crippen molar-refractivity contribution in [2.45, 2.75) is 6.18 Å². The van der Waals surface area contributed by atoms with Gasteiger partial charge in [0.05, 0.1) is 17.2 Å². The standard InChI is InChI=1S/C11H9F3N2O2/c1-16-10(17)6-18-9-3-2-7(5-15)4-8(9)11(12,13)14/h2-4H,6H2,1H3,(H,16,17). The molecule has 1 aromatic carbocycles. The molecule has 0 radical (unpaired) electrons. The Bertz CT molecular complexity index is 492. The summed E-state index contributed by atoms with van der Waals surface area (Å²) in [5, 5.41) is 10.8. The zero-order chi connectivity index (χ0) is 13.8. The second kappa shape index (κ2) is 5.40. The molecule has 0 saturated heterocycles. The molecule has 7 heteroatoms. The fourth-order valence-corrected chi connectivity index (χ4v) is 1.16. The molecular formula is C11H9F3N2O2. The van der Waals surface area contributed by atoms with Crippen LogP contribution < -0.4 is 10.1 Å². The number of hydrogen-bond donors (Lipinski definition) is 1. The molecule has 1 amide bonds. The molecule has 0 fully saturated rings. The van der Waals surface area contributed by atoms with Crippen molar-refractivity contribution in [1.29, 1.82) is 5.26 Å². The second-order valence-corrected chi connectivity index (χ2v) is 3.28. The van der Waals surface area contributed by atoms with E-state index in [2.05, 4.69) is 5.32 Å². The van der Waals surface area contributed by atoms with Gasteiger partial charge in [0, 0.05) is 7.05 Å². The molecule has 0 bridgehead atoms. The van der Waals surface area contributed by atoms with Crippen molar-refractivity contribution in [3.63, 3.8) is 0 Å². The fourth-order valence-electron chi connectivity index (χ4n) is 1.16. The maximum Gasteiger partial charge on any atom is 0.420 e. The van der Waals surface area contributed by atoms with Crippen LogP contribution in [-0.4, -0.2) is 19.6 Å². The number of nitrogens with zero attached hydrogens (tertiary/aromatic N) is 1. The summed E-state index contributed by atoms with van der Waals surface area (Å²) in [7, 11) is 1.34. The maximum atomic E-state index is 12.7. The van der Waals surface area contributed by atoms with E-state index in [0.717, 1.165) is 6.07 Å². The lowest BCUT2D eigenvalue weighted by Crippen LogP contribution is -2.25. The lowest BCUT2D eigenvalue weighted by atomic mass is 10.1. The Labute approximate surface area is 101 Å². The van der Waals surface area contributed by atoms with E-state index in [-0.39, 0.29) is 5.56 Å². The quantitative estimate of drug-likeness (QED) is 0.897. The predicted octanol–water partition coefficient (Wildman–Crippen LogP) is 1.70. The molecule has 1 rings (SSSR count). The Balaban J connectivity index is 3.04. The zero-order valence-corrected chi connectivity index (χ0v) is 9.34. The van der Waals surface area contributed by atoms with E-state index in [1.165, 1.54) is 13.1 Å². The van der Waals surface area contributed by atoms with E-state index in [1.807, 2.05) is 0 Å². The monoisotopic (exact) mass is 258 g/mol. The summed E-state index contributed by atoms with van der Waals surface area (Å²) in [6.45, 7) is -0.522. The third-order valence-electron chi connectivity index (χ3n) is 2.05. The SMILES string of the molecule is CNC(=O)COc1ccc(C#N)cc1C(F)(F)F. The van der Waals surface area contributed by atoms with E-state index in [0.29, 0.717) is 6.07 Å². The van der Waals surface area contributed by atoms with Crippen molar-refractivity contribution in [2.75, 3.05) is 13.7 Å². The molecule has 0 aliphatic carbocycles. The molecule has 0 spiro atoms. The van der Waals surface area contributed by atoms with Crippen LogP contribution in [0, 0.1) is 11.3 Å². The van der Waals surface area contributed by atoms with Crippen molar-refractivity contribution in [3.05, 3.63) is 29.3 Å². The van der Waals surface area contributed by atoms with Gasteiger partial charge in [-0.05, 0) is 18.2 Å². The number of hydrogen-bond acceptors (Lipinski definition) is 3. The van der Waals surface area contributed by atoms with Gasteiger partial charge >= 0.3 is 6.18 Å². The first-order chi connectivity index (χ1) is 8.38. The largest absolute Gasteiger partial charge is 0.483 e. The average Bonchev–Trinajstić information content (AvgIpc) is 2.34. The summed E-state index contributed by atoms with van der Waals surface area (Å²) in [6.07, 6.45) is -4.65. The summed E-state index contributed by atoms with van der Waals surface area (Å²) >= 11 is 0. The predicted molar refractivity (Wildman–Crippen MR) is 55.7 cm³/mol. The number of halogens is 3. The van der Waals surface area contributed by atoms with Crippen molar-refractivity contribution in [3.8, 4) is 11.8 Å². The number of likely N-dealkylation sites (N-methyl/N-ethyl adjacent to an activating group) is 1. The lowest BCUT2D eigenvalue weighted by molar-refractivity contribution is -0.139. The van der Waals surface area contributed by atoms with Gasteiger partial charge < -0.3 is 10.1 Å². The van der Waals surface area contributed by atoms with E-state index in [9.17, 15) is 18.0 Å². The lowest BCUT2D eigenvalue weighted by Gasteiger charge is -2.13. The first-order valence-electron chi connectivity index (χ1n) is 4.83. The Kier molecular flexibility index (Phi) is 4.15. The van der Waals surface area contributed by atoms with Crippen LogP contribution in [0.5, 0.6) is 5.75 Å². The first kappa shape index (κ1) is 13.8. The van der Waals surface area contributed by atoms with Crippen LogP contribution in [0.15, 0.2) is 18.2 Å². The number of nitriles is 1. The summed E-state index contributed by atoms with van der Waals surface area (Å²) in [6, 6.07) is 4.49. The Morgan fingerprint density at radius 1 is 1.50 bits per heavy atom. The minimum Gasteiger partial charge on any atom is -0.483 e. The molecule has 0 unspecified atom stereocenters. The molecule has 0 heterocycles. The van der Waals surface area contributed by atoms with Gasteiger partial charge in [-0.15, -0.1) is 0 Å². The average molecular weight is 258 g/mol. The second-order valence-electron chi connectivity index (χ2n) is 3.28. The molecular weight excluding hydrogens is 249 g/mol. The fraction of sp³-hybridized carbons (Fsp3) is 0.273. The van der Waals surface area contributed by atoms with Crippen LogP contribution in [0.4, 0.5) is 13.2 Å². The number of alkyl halides is 3. The van der Waals surface area contributed by atoms with Gasteiger partial charge in [0.2, 0.25) is 0 Å². The summed E-state index contributed by atoms with van der Waals surface area (Å²) < 4.78 is 42.8. The zero-order valence-electron chi connectivity index (χ0n) is 9.34. The molecule has 0 saturated carbocycles. The summed E-state index contributed by atoms with van der Waals surface area (Å²) in [5.41, 5.74) is -1.21. The summed E-state index contributed by atoms with van der Waals surface area (Å²) in [5.74, 6) is -1.03. The van der Waals surface area contributed by atoms with Gasteiger partial charge in [0.1, 0.15) is 5.75 Å². The van der Waals surface area contributed by atoms with E-state index in [1.54, 1.807) is 6.07 Å². The normalized spacial score (nSPS) is 10.6. The number of nitrogens with one attached hydrogen (secondary N) is 1. The van der Waals surface area contributed by atoms with Gasteiger partial charge in [-0.25, -0.2) is 0 Å². The number of amides is 1. The number of rotatable bonds is 3. The number of benzene rings is 1. The van der Waals surface area contributed by atoms with Gasteiger partial charge in [-0.3, -0.25) is 4.79 Å². The van der Waals surface area contributed by atoms with E-state index < -0.39 is 30.0 Å². The minimum atomic E-state index is -4.65. The van der Waals surface area contributed by atoms with Crippen LogP contribution in [0.1, 0.15) is 11.1 Å². The number of carbonyl (C=O) groups excluding carboxylic acids is 1. The molecule has 0 aliphatic rings. The van der Waals surface area contributed by atoms with Gasteiger partial charge in [0.15, 0.2) is 6.61 Å². The molecule has 1 N–H and O–H groups in total. The highest BCUT2D eigenvalue weighted by Crippen LogP contribution is 2.36. The molecule has 1 aromatic rings. The Hall–Kier alpha value is -2.23. The Morgan fingerprint density at radius 2 is 2.17 bits per heavy atom. The minimum absolute atomic E-state index is 0.130. The van der Waals surface area contributed by atoms with Gasteiger partial charge in [-0.2, -0.15) is 18.4 Å². The number of ether oxygens (including phenoxy) is 1. The summed E-state index contributed by atoms with van der Waals surface area (Å²) in [4.78, 5) is 10.9. The maximum absolute atomic E-state index is 12.7. The third-order valence-corrected chi connectivity index (χ3v) is 2.05. The molecule has 4 nitrogen and oxygen atoms in total. The van der Waals surface area contributed by atoms with Gasteiger partial charge in [-0.1, -0.05) is 0 Å². The smallest absolute Gasteiger partial charge is 0.420 e. The van der Waals surface area contributed by atoms with Crippen LogP contribution in [-0.2, 0) is 11.0 Å². The molecule has 18 heavy (non-hydrogen) atoms. The first-order valence-corrected chi connectivity index (χ1v) is 4.83. The van der Waals surface area contributed by atoms with Crippen molar-refractivity contribution < 1.29 is 22.7 Å². The molecule has 96 valence electrons. The van der Waals surface area contributed by atoms with Crippen molar-refractivity contribution in [2.24, 2.45) is 0 Å². The number of carbonyl (C=O) groups is 1. The van der Waals surface area contributed by atoms with E-state index in [4.69, 9.17) is 10.00 Å².